The third-order valence-electron chi connectivity index (χ3n) is 6.40. The van der Waals surface area contributed by atoms with Crippen LogP contribution in [0.2, 0.25) is 0 Å². The summed E-state index contributed by atoms with van der Waals surface area (Å²) in [4.78, 5) is 5.24. The number of benzene rings is 2. The number of para-hydroxylation sites is 1. The first-order valence-corrected chi connectivity index (χ1v) is 10.5. The molecule has 2 aromatic rings. The van der Waals surface area contributed by atoms with Crippen molar-refractivity contribution < 1.29 is 0 Å². The summed E-state index contributed by atoms with van der Waals surface area (Å²) < 4.78 is 0. The van der Waals surface area contributed by atoms with Crippen molar-refractivity contribution in [2.24, 2.45) is 0 Å². The summed E-state index contributed by atoms with van der Waals surface area (Å²) in [6.07, 6.45) is 4.74. The number of rotatable bonds is 3. The van der Waals surface area contributed by atoms with Gasteiger partial charge in [-0.15, -0.1) is 0 Å². The highest BCUT2D eigenvalue weighted by Gasteiger charge is 2.34. The molecule has 4 rings (SSSR count). The van der Waals surface area contributed by atoms with E-state index in [1.165, 1.54) is 48.3 Å². The molecule has 0 radical (unpaired) electrons. The molecule has 0 saturated heterocycles. The molecule has 2 aliphatic heterocycles. The fourth-order valence-corrected chi connectivity index (χ4v) is 5.09. The molecule has 0 fully saturated rings. The Kier molecular flexibility index (Phi) is 4.49. The zero-order valence-electron chi connectivity index (χ0n) is 17.7. The van der Waals surface area contributed by atoms with E-state index in [-0.39, 0.29) is 11.1 Å². The Morgan fingerprint density at radius 2 is 1.52 bits per heavy atom. The zero-order valence-corrected chi connectivity index (χ0v) is 17.7. The van der Waals surface area contributed by atoms with Crippen LogP contribution >= 0.6 is 0 Å². The summed E-state index contributed by atoms with van der Waals surface area (Å²) in [5.41, 5.74) is 7.81. The van der Waals surface area contributed by atoms with Crippen molar-refractivity contribution in [2.45, 2.75) is 71.4 Å². The summed E-state index contributed by atoms with van der Waals surface area (Å²) >= 11 is 0. The maximum absolute atomic E-state index is 2.63. The molecule has 0 spiro atoms. The van der Waals surface area contributed by atoms with E-state index in [2.05, 4.69) is 86.9 Å². The number of anilines is 2. The summed E-state index contributed by atoms with van der Waals surface area (Å²) in [6.45, 7) is 14.1. The maximum Gasteiger partial charge on any atom is 0.0405 e. The SMILES string of the molecule is CC(C)(C)N1CCCc2c(CC(C)(C)N3CCc4ccccc43)cccc21. The molecule has 2 nitrogen and oxygen atoms in total. The monoisotopic (exact) mass is 362 g/mol. The third kappa shape index (κ3) is 3.35. The normalized spacial score (nSPS) is 17.1. The highest BCUT2D eigenvalue weighted by molar-refractivity contribution is 5.62. The minimum absolute atomic E-state index is 0.117. The maximum atomic E-state index is 2.63. The van der Waals surface area contributed by atoms with Crippen LogP contribution in [-0.2, 0) is 19.3 Å². The highest BCUT2D eigenvalue weighted by atomic mass is 15.2. The van der Waals surface area contributed by atoms with Crippen molar-refractivity contribution in [3.05, 3.63) is 59.2 Å². The van der Waals surface area contributed by atoms with Crippen molar-refractivity contribution in [3.8, 4) is 0 Å². The van der Waals surface area contributed by atoms with Crippen LogP contribution in [0.1, 0.15) is 57.7 Å². The van der Waals surface area contributed by atoms with Crippen LogP contribution in [0.5, 0.6) is 0 Å². The molecule has 0 aliphatic carbocycles. The lowest BCUT2D eigenvalue weighted by Gasteiger charge is -2.43. The van der Waals surface area contributed by atoms with Crippen LogP contribution in [0.3, 0.4) is 0 Å². The quantitative estimate of drug-likeness (QED) is 0.699. The lowest BCUT2D eigenvalue weighted by Crippen LogP contribution is -2.46. The van der Waals surface area contributed by atoms with Gasteiger partial charge in [0.15, 0.2) is 0 Å². The molecule has 2 heterocycles. The molecule has 27 heavy (non-hydrogen) atoms. The number of fused-ring (bicyclic) bond motifs is 2. The second-order valence-electron chi connectivity index (χ2n) is 9.86. The number of nitrogens with zero attached hydrogens (tertiary/aromatic N) is 2. The van der Waals surface area contributed by atoms with E-state index < -0.39 is 0 Å². The summed E-state index contributed by atoms with van der Waals surface area (Å²) in [5, 5.41) is 0. The Balaban J connectivity index is 1.66. The van der Waals surface area contributed by atoms with E-state index in [1.54, 1.807) is 5.56 Å². The fraction of sp³-hybridized carbons (Fsp3) is 0.520. The Bertz CT molecular complexity index is 828. The van der Waals surface area contributed by atoms with Gasteiger partial charge in [0.2, 0.25) is 0 Å². The topological polar surface area (TPSA) is 6.48 Å². The van der Waals surface area contributed by atoms with Gasteiger partial charge in [0, 0.05) is 35.5 Å². The zero-order chi connectivity index (χ0) is 19.2. The predicted octanol–water partition coefficient (Wildman–Crippen LogP) is 5.62. The van der Waals surface area contributed by atoms with Crippen molar-refractivity contribution in [1.29, 1.82) is 0 Å². The summed E-state index contributed by atoms with van der Waals surface area (Å²) in [5.74, 6) is 0. The van der Waals surface area contributed by atoms with Gasteiger partial charge in [-0.25, -0.2) is 0 Å². The molecule has 0 N–H and O–H groups in total. The van der Waals surface area contributed by atoms with Gasteiger partial charge >= 0.3 is 0 Å². The summed E-state index contributed by atoms with van der Waals surface area (Å²) in [6, 6.07) is 15.9. The minimum atomic E-state index is 0.117. The van der Waals surface area contributed by atoms with E-state index >= 15 is 0 Å². The van der Waals surface area contributed by atoms with Crippen LogP contribution in [-0.4, -0.2) is 24.2 Å². The number of hydrogen-bond acceptors (Lipinski definition) is 2. The Hall–Kier alpha value is -1.96. The van der Waals surface area contributed by atoms with E-state index in [9.17, 15) is 0 Å². The van der Waals surface area contributed by atoms with Gasteiger partial charge in [0.1, 0.15) is 0 Å². The molecule has 0 aromatic heterocycles. The van der Waals surface area contributed by atoms with Crippen molar-refractivity contribution in [3.63, 3.8) is 0 Å². The molecule has 0 amide bonds. The first kappa shape index (κ1) is 18.4. The summed E-state index contributed by atoms with van der Waals surface area (Å²) in [7, 11) is 0. The molecule has 0 unspecified atom stereocenters. The molecule has 144 valence electrons. The van der Waals surface area contributed by atoms with Crippen LogP contribution < -0.4 is 9.80 Å². The van der Waals surface area contributed by atoms with E-state index in [0.29, 0.717) is 0 Å². The van der Waals surface area contributed by atoms with Crippen LogP contribution in [0, 0.1) is 0 Å². The molecule has 0 saturated carbocycles. The van der Waals surface area contributed by atoms with Gasteiger partial charge in [0.25, 0.3) is 0 Å². The second-order valence-corrected chi connectivity index (χ2v) is 9.86. The van der Waals surface area contributed by atoms with Gasteiger partial charge in [-0.3, -0.25) is 0 Å². The van der Waals surface area contributed by atoms with Gasteiger partial charge in [-0.2, -0.15) is 0 Å². The van der Waals surface area contributed by atoms with Crippen molar-refractivity contribution in [1.82, 2.24) is 0 Å². The molecular weight excluding hydrogens is 328 g/mol. The van der Waals surface area contributed by atoms with Crippen molar-refractivity contribution >= 4 is 11.4 Å². The third-order valence-corrected chi connectivity index (χ3v) is 6.40. The molecule has 2 heteroatoms. The Morgan fingerprint density at radius 1 is 0.778 bits per heavy atom. The Morgan fingerprint density at radius 3 is 2.30 bits per heavy atom. The van der Waals surface area contributed by atoms with Gasteiger partial charge in [-0.05, 0) is 89.1 Å². The average molecular weight is 363 g/mol. The molecule has 2 aliphatic rings. The molecule has 2 aromatic carbocycles. The lowest BCUT2D eigenvalue weighted by atomic mass is 9.86. The first-order chi connectivity index (χ1) is 12.8. The van der Waals surface area contributed by atoms with E-state index in [1.807, 2.05) is 0 Å². The van der Waals surface area contributed by atoms with E-state index in [0.717, 1.165) is 13.0 Å². The standard InChI is InChI=1S/C25H34N2/c1-24(2,3)26-16-9-12-21-20(11-8-14-23(21)26)18-25(4,5)27-17-15-19-10-6-7-13-22(19)27/h6-8,10-11,13-14H,9,12,15-18H2,1-5H3. The predicted molar refractivity (Wildman–Crippen MR) is 117 cm³/mol. The Labute approximate surface area is 165 Å². The molecule has 0 atom stereocenters. The largest absolute Gasteiger partial charge is 0.366 e. The second kappa shape index (κ2) is 6.58. The van der Waals surface area contributed by atoms with Gasteiger partial charge in [-0.1, -0.05) is 30.3 Å². The van der Waals surface area contributed by atoms with Crippen LogP contribution in [0.25, 0.3) is 0 Å². The highest BCUT2D eigenvalue weighted by Crippen LogP contribution is 2.39. The van der Waals surface area contributed by atoms with Gasteiger partial charge < -0.3 is 9.80 Å². The van der Waals surface area contributed by atoms with Crippen molar-refractivity contribution in [2.75, 3.05) is 22.9 Å². The molecular formula is C25H34N2. The smallest absolute Gasteiger partial charge is 0.0405 e. The molecule has 0 bridgehead atoms. The van der Waals surface area contributed by atoms with Crippen LogP contribution in [0.4, 0.5) is 11.4 Å². The van der Waals surface area contributed by atoms with Gasteiger partial charge in [0.05, 0.1) is 0 Å². The minimum Gasteiger partial charge on any atom is -0.366 e. The first-order valence-electron chi connectivity index (χ1n) is 10.5. The fourth-order valence-electron chi connectivity index (χ4n) is 5.09. The average Bonchev–Trinajstić information content (AvgIpc) is 3.05. The lowest BCUT2D eigenvalue weighted by molar-refractivity contribution is 0.460. The number of hydrogen-bond donors (Lipinski definition) is 0. The van der Waals surface area contributed by atoms with Crippen LogP contribution in [0.15, 0.2) is 42.5 Å². The van der Waals surface area contributed by atoms with E-state index in [4.69, 9.17) is 0 Å².